The average molecular weight is 318 g/mol. The third-order valence-corrected chi connectivity index (χ3v) is 3.91. The maximum Gasteiger partial charge on any atom is 0.185 e. The largest absolute Gasteiger partial charge is 0.493 e. The molecule has 0 atom stereocenters. The van der Waals surface area contributed by atoms with Crippen molar-refractivity contribution in [1.29, 1.82) is 0 Å². The van der Waals surface area contributed by atoms with E-state index in [1.807, 2.05) is 30.3 Å². The van der Waals surface area contributed by atoms with Crippen molar-refractivity contribution in [2.45, 2.75) is 0 Å². The van der Waals surface area contributed by atoms with E-state index in [1.54, 1.807) is 38.5 Å². The van der Waals surface area contributed by atoms with Gasteiger partial charge in [0.2, 0.25) is 0 Å². The van der Waals surface area contributed by atoms with E-state index in [-0.39, 0.29) is 5.78 Å². The number of benzene rings is 3. The Kier molecular flexibility index (Phi) is 4.62. The van der Waals surface area contributed by atoms with Gasteiger partial charge in [0.05, 0.1) is 14.2 Å². The second-order valence-corrected chi connectivity index (χ2v) is 5.34. The van der Waals surface area contributed by atoms with Gasteiger partial charge in [-0.05, 0) is 40.6 Å². The minimum Gasteiger partial charge on any atom is -0.493 e. The van der Waals surface area contributed by atoms with Gasteiger partial charge in [-0.1, -0.05) is 48.5 Å². The standard InChI is InChI=1S/C21H18O3/c1-23-20-13-11-17(14-21(20)24-2)19(22)12-10-16-8-5-7-15-6-3-4-9-18(15)16/h3-14H,1-2H3. The van der Waals surface area contributed by atoms with Gasteiger partial charge in [-0.2, -0.15) is 0 Å². The van der Waals surface area contributed by atoms with Crippen LogP contribution < -0.4 is 9.47 Å². The summed E-state index contributed by atoms with van der Waals surface area (Å²) in [4.78, 5) is 12.4. The normalized spacial score (nSPS) is 10.9. The smallest absolute Gasteiger partial charge is 0.185 e. The number of hydrogen-bond donors (Lipinski definition) is 0. The summed E-state index contributed by atoms with van der Waals surface area (Å²) in [6.07, 6.45) is 3.43. The fourth-order valence-corrected chi connectivity index (χ4v) is 2.65. The molecule has 0 fully saturated rings. The minimum atomic E-state index is -0.0797. The summed E-state index contributed by atoms with van der Waals surface area (Å²) in [5, 5.41) is 2.27. The molecule has 0 aromatic heterocycles. The molecule has 3 rings (SSSR count). The van der Waals surface area contributed by atoms with Gasteiger partial charge < -0.3 is 9.47 Å². The molecule has 3 nitrogen and oxygen atoms in total. The lowest BCUT2D eigenvalue weighted by Gasteiger charge is -2.08. The van der Waals surface area contributed by atoms with Gasteiger partial charge in [-0.15, -0.1) is 0 Å². The number of rotatable bonds is 5. The van der Waals surface area contributed by atoms with Crippen LogP contribution in [0.2, 0.25) is 0 Å². The molecule has 0 N–H and O–H groups in total. The molecule has 0 spiro atoms. The molecule has 0 saturated carbocycles. The molecule has 3 aromatic rings. The van der Waals surface area contributed by atoms with Crippen LogP contribution in [0.15, 0.2) is 66.7 Å². The second kappa shape index (κ2) is 7.01. The van der Waals surface area contributed by atoms with Crippen molar-refractivity contribution in [2.75, 3.05) is 14.2 Å². The summed E-state index contributed by atoms with van der Waals surface area (Å²) in [6.45, 7) is 0. The van der Waals surface area contributed by atoms with Crippen LogP contribution in [0.25, 0.3) is 16.8 Å². The van der Waals surface area contributed by atoms with E-state index in [0.29, 0.717) is 17.1 Å². The number of allylic oxidation sites excluding steroid dienone is 1. The molecule has 0 aliphatic rings. The van der Waals surface area contributed by atoms with E-state index in [0.717, 1.165) is 16.3 Å². The fraction of sp³-hybridized carbons (Fsp3) is 0.0952. The Balaban J connectivity index is 1.90. The number of fused-ring (bicyclic) bond motifs is 1. The van der Waals surface area contributed by atoms with E-state index in [4.69, 9.17) is 9.47 Å². The molecule has 0 bridgehead atoms. The van der Waals surface area contributed by atoms with Crippen molar-refractivity contribution >= 4 is 22.6 Å². The van der Waals surface area contributed by atoms with Gasteiger partial charge >= 0.3 is 0 Å². The van der Waals surface area contributed by atoms with Crippen LogP contribution in [0.1, 0.15) is 15.9 Å². The first-order valence-electron chi connectivity index (χ1n) is 7.65. The number of hydrogen-bond acceptors (Lipinski definition) is 3. The van der Waals surface area contributed by atoms with E-state index < -0.39 is 0 Å². The summed E-state index contributed by atoms with van der Waals surface area (Å²) < 4.78 is 10.4. The molecule has 120 valence electrons. The molecule has 0 saturated heterocycles. The molecular weight excluding hydrogens is 300 g/mol. The molecule has 0 heterocycles. The monoisotopic (exact) mass is 318 g/mol. The Hall–Kier alpha value is -3.07. The molecule has 3 heteroatoms. The molecule has 0 amide bonds. The predicted octanol–water partition coefficient (Wildman–Crippen LogP) is 4.75. The van der Waals surface area contributed by atoms with E-state index in [1.165, 1.54) is 0 Å². The average Bonchev–Trinajstić information content (AvgIpc) is 2.65. The van der Waals surface area contributed by atoms with E-state index in [2.05, 4.69) is 18.2 Å². The van der Waals surface area contributed by atoms with Crippen LogP contribution in [0.4, 0.5) is 0 Å². The van der Waals surface area contributed by atoms with Crippen molar-refractivity contribution in [3.8, 4) is 11.5 Å². The molecule has 0 radical (unpaired) electrons. The number of carbonyl (C=O) groups is 1. The van der Waals surface area contributed by atoms with Crippen LogP contribution >= 0.6 is 0 Å². The van der Waals surface area contributed by atoms with Gasteiger partial charge in [-0.25, -0.2) is 0 Å². The maximum atomic E-state index is 12.4. The van der Waals surface area contributed by atoms with Crippen LogP contribution in [-0.4, -0.2) is 20.0 Å². The molecule has 0 unspecified atom stereocenters. The molecular formula is C21H18O3. The maximum absolute atomic E-state index is 12.4. The van der Waals surface area contributed by atoms with Crippen LogP contribution in [-0.2, 0) is 0 Å². The Bertz CT molecular complexity index is 905. The third-order valence-electron chi connectivity index (χ3n) is 3.91. The number of carbonyl (C=O) groups excluding carboxylic acids is 1. The lowest BCUT2D eigenvalue weighted by Crippen LogP contribution is -1.97. The van der Waals surface area contributed by atoms with Crippen molar-refractivity contribution in [2.24, 2.45) is 0 Å². The zero-order valence-corrected chi connectivity index (χ0v) is 13.7. The molecule has 0 aliphatic carbocycles. The van der Waals surface area contributed by atoms with Crippen LogP contribution in [0, 0.1) is 0 Å². The highest BCUT2D eigenvalue weighted by atomic mass is 16.5. The Morgan fingerprint density at radius 2 is 1.62 bits per heavy atom. The molecule has 0 aliphatic heterocycles. The zero-order valence-electron chi connectivity index (χ0n) is 13.7. The van der Waals surface area contributed by atoms with Gasteiger partial charge in [-0.3, -0.25) is 4.79 Å². The summed E-state index contributed by atoms with van der Waals surface area (Å²) in [6, 6.07) is 19.3. The minimum absolute atomic E-state index is 0.0797. The Morgan fingerprint density at radius 1 is 0.875 bits per heavy atom. The van der Waals surface area contributed by atoms with Gasteiger partial charge in [0.25, 0.3) is 0 Å². The quantitative estimate of drug-likeness (QED) is 0.503. The second-order valence-electron chi connectivity index (χ2n) is 5.34. The zero-order chi connectivity index (χ0) is 16.9. The van der Waals surface area contributed by atoms with Crippen molar-refractivity contribution < 1.29 is 14.3 Å². The highest BCUT2D eigenvalue weighted by Crippen LogP contribution is 2.28. The first-order valence-corrected chi connectivity index (χ1v) is 7.65. The molecule has 3 aromatic carbocycles. The summed E-state index contributed by atoms with van der Waals surface area (Å²) >= 11 is 0. The highest BCUT2D eigenvalue weighted by Gasteiger charge is 2.08. The van der Waals surface area contributed by atoms with E-state index in [9.17, 15) is 4.79 Å². The first kappa shape index (κ1) is 15.8. The van der Waals surface area contributed by atoms with Crippen molar-refractivity contribution in [1.82, 2.24) is 0 Å². The summed E-state index contributed by atoms with van der Waals surface area (Å²) in [7, 11) is 3.12. The van der Waals surface area contributed by atoms with Gasteiger partial charge in [0, 0.05) is 5.56 Å². The number of ether oxygens (including phenoxy) is 2. The van der Waals surface area contributed by atoms with Gasteiger partial charge in [0.15, 0.2) is 17.3 Å². The fourth-order valence-electron chi connectivity index (χ4n) is 2.65. The van der Waals surface area contributed by atoms with Crippen molar-refractivity contribution in [3.63, 3.8) is 0 Å². The Morgan fingerprint density at radius 3 is 2.42 bits per heavy atom. The number of methoxy groups -OCH3 is 2. The lowest BCUT2D eigenvalue weighted by molar-refractivity contribution is 0.104. The number of ketones is 1. The predicted molar refractivity (Wildman–Crippen MR) is 96.9 cm³/mol. The third kappa shape index (κ3) is 3.15. The first-order chi connectivity index (χ1) is 11.7. The van der Waals surface area contributed by atoms with Gasteiger partial charge in [0.1, 0.15) is 0 Å². The summed E-state index contributed by atoms with van der Waals surface area (Å²) in [5.74, 6) is 1.07. The van der Waals surface area contributed by atoms with E-state index >= 15 is 0 Å². The Labute approximate surface area is 141 Å². The topological polar surface area (TPSA) is 35.5 Å². The highest BCUT2D eigenvalue weighted by molar-refractivity contribution is 6.08. The SMILES string of the molecule is COc1ccc(C(=O)C=Cc2cccc3ccccc23)cc1OC. The molecule has 24 heavy (non-hydrogen) atoms. The van der Waals surface area contributed by atoms with Crippen LogP contribution in [0.5, 0.6) is 11.5 Å². The summed E-state index contributed by atoms with van der Waals surface area (Å²) in [5.41, 5.74) is 1.58. The lowest BCUT2D eigenvalue weighted by atomic mass is 10.0. The van der Waals surface area contributed by atoms with Crippen LogP contribution in [0.3, 0.4) is 0 Å². The van der Waals surface area contributed by atoms with Crippen molar-refractivity contribution in [3.05, 3.63) is 77.9 Å².